The molecule has 1 aliphatic heterocycles. The summed E-state index contributed by atoms with van der Waals surface area (Å²) in [7, 11) is 0. The van der Waals surface area contributed by atoms with E-state index in [0.29, 0.717) is 5.69 Å². The number of thiazole rings is 1. The monoisotopic (exact) mass is 319 g/mol. The van der Waals surface area contributed by atoms with Crippen molar-refractivity contribution in [2.75, 3.05) is 26.2 Å². The summed E-state index contributed by atoms with van der Waals surface area (Å²) in [5.41, 5.74) is 2.28. The molecule has 22 heavy (non-hydrogen) atoms. The molecule has 0 spiro atoms. The number of hydrogen-bond donors (Lipinski definition) is 0. The molecule has 3 heterocycles. The second-order valence-electron chi connectivity index (χ2n) is 5.43. The van der Waals surface area contributed by atoms with Gasteiger partial charge in [0, 0.05) is 50.5 Å². The molecule has 1 saturated heterocycles. The zero-order chi connectivity index (χ0) is 15.4. The highest BCUT2D eigenvalue weighted by atomic mass is 32.1. The molecule has 6 nitrogen and oxygen atoms in total. The fourth-order valence-corrected chi connectivity index (χ4v) is 3.32. The minimum absolute atomic E-state index is 0.0539. The highest BCUT2D eigenvalue weighted by Crippen LogP contribution is 2.11. The molecule has 3 rings (SSSR count). The van der Waals surface area contributed by atoms with Gasteiger partial charge < -0.3 is 9.47 Å². The maximum absolute atomic E-state index is 12.4. The predicted molar refractivity (Wildman–Crippen MR) is 85.8 cm³/mol. The minimum atomic E-state index is 0.0539. The van der Waals surface area contributed by atoms with Gasteiger partial charge in [-0.25, -0.2) is 9.97 Å². The Bertz CT molecular complexity index is 609. The fraction of sp³-hybridized carbons (Fsp3) is 0.533. The fourth-order valence-electron chi connectivity index (χ4n) is 2.79. The first-order chi connectivity index (χ1) is 10.8. The van der Waals surface area contributed by atoms with E-state index in [9.17, 15) is 4.79 Å². The second kappa shape index (κ2) is 7.02. The van der Waals surface area contributed by atoms with Gasteiger partial charge in [-0.1, -0.05) is 0 Å². The summed E-state index contributed by atoms with van der Waals surface area (Å²) >= 11 is 1.46. The van der Waals surface area contributed by atoms with E-state index in [4.69, 9.17) is 0 Å². The quantitative estimate of drug-likeness (QED) is 0.861. The van der Waals surface area contributed by atoms with Crippen LogP contribution in [0.5, 0.6) is 0 Å². The third-order valence-electron chi connectivity index (χ3n) is 4.03. The van der Waals surface area contributed by atoms with Crippen LogP contribution in [0.25, 0.3) is 0 Å². The van der Waals surface area contributed by atoms with Crippen molar-refractivity contribution in [3.8, 4) is 0 Å². The molecule has 7 heteroatoms. The van der Waals surface area contributed by atoms with Crippen molar-refractivity contribution < 1.29 is 4.79 Å². The molecule has 0 radical (unpaired) electrons. The molecule has 1 fully saturated rings. The van der Waals surface area contributed by atoms with E-state index < -0.39 is 0 Å². The van der Waals surface area contributed by atoms with Crippen LogP contribution in [0.2, 0.25) is 0 Å². The van der Waals surface area contributed by atoms with Crippen LogP contribution in [-0.4, -0.2) is 56.4 Å². The molecule has 1 aliphatic rings. The Labute approximate surface area is 134 Å². The summed E-state index contributed by atoms with van der Waals surface area (Å²) in [5, 5.41) is 1.82. The Balaban J connectivity index is 1.59. The van der Waals surface area contributed by atoms with E-state index in [-0.39, 0.29) is 5.91 Å². The van der Waals surface area contributed by atoms with E-state index >= 15 is 0 Å². The molecule has 0 atom stereocenters. The highest BCUT2D eigenvalue weighted by molar-refractivity contribution is 7.07. The number of aryl methyl sites for hydroxylation is 1. The minimum Gasteiger partial charge on any atom is -0.336 e. The largest absolute Gasteiger partial charge is 0.336 e. The van der Waals surface area contributed by atoms with Crippen molar-refractivity contribution in [2.45, 2.75) is 26.4 Å². The zero-order valence-corrected chi connectivity index (χ0v) is 13.6. The molecule has 2 aromatic heterocycles. The van der Waals surface area contributed by atoms with Crippen LogP contribution in [0.1, 0.15) is 29.7 Å². The maximum Gasteiger partial charge on any atom is 0.273 e. The highest BCUT2D eigenvalue weighted by Gasteiger charge is 2.22. The van der Waals surface area contributed by atoms with Crippen LogP contribution in [-0.2, 0) is 13.1 Å². The molecule has 0 bridgehead atoms. The zero-order valence-electron chi connectivity index (χ0n) is 12.8. The van der Waals surface area contributed by atoms with Crippen molar-refractivity contribution in [3.63, 3.8) is 0 Å². The molecular formula is C15H21N5OS. The van der Waals surface area contributed by atoms with Crippen LogP contribution in [0.15, 0.2) is 23.3 Å². The van der Waals surface area contributed by atoms with Gasteiger partial charge in [-0.3, -0.25) is 9.69 Å². The van der Waals surface area contributed by atoms with Gasteiger partial charge >= 0.3 is 0 Å². The number of amides is 1. The predicted octanol–water partition coefficient (Wildman–Crippen LogP) is 1.71. The first kappa shape index (κ1) is 15.2. The third-order valence-corrected chi connectivity index (χ3v) is 4.62. The average Bonchev–Trinajstić information content (AvgIpc) is 3.15. The molecule has 0 unspecified atom stereocenters. The first-order valence-corrected chi connectivity index (χ1v) is 8.62. The van der Waals surface area contributed by atoms with Gasteiger partial charge in [-0.05, 0) is 13.3 Å². The van der Waals surface area contributed by atoms with Crippen LogP contribution in [0.4, 0.5) is 0 Å². The number of imidazole rings is 1. The molecule has 0 N–H and O–H groups in total. The van der Waals surface area contributed by atoms with Crippen LogP contribution in [0, 0.1) is 0 Å². The summed E-state index contributed by atoms with van der Waals surface area (Å²) in [6.45, 7) is 7.35. The summed E-state index contributed by atoms with van der Waals surface area (Å²) in [6.07, 6.45) is 4.86. The van der Waals surface area contributed by atoms with Crippen molar-refractivity contribution in [1.82, 2.24) is 24.3 Å². The molecule has 118 valence electrons. The number of nitrogens with zero attached hydrogens (tertiary/aromatic N) is 5. The summed E-state index contributed by atoms with van der Waals surface area (Å²) < 4.78 is 2.17. The number of carbonyl (C=O) groups is 1. The standard InChI is InChI=1S/C15H21N5OS/c1-2-19-7-4-16-14(19)10-18-5-3-6-20(9-8-18)15(21)13-11-22-12-17-13/h4,7,11-12H,2-3,5-6,8-10H2,1H3. The van der Waals surface area contributed by atoms with Crippen molar-refractivity contribution in [3.05, 3.63) is 34.8 Å². The molecule has 0 aromatic carbocycles. The lowest BCUT2D eigenvalue weighted by Crippen LogP contribution is -2.35. The molecule has 1 amide bonds. The van der Waals surface area contributed by atoms with Gasteiger partial charge in [-0.2, -0.15) is 0 Å². The summed E-state index contributed by atoms with van der Waals surface area (Å²) in [5.74, 6) is 1.15. The van der Waals surface area contributed by atoms with Gasteiger partial charge in [-0.15, -0.1) is 11.3 Å². The number of rotatable bonds is 4. The molecule has 2 aromatic rings. The second-order valence-corrected chi connectivity index (χ2v) is 6.14. The van der Waals surface area contributed by atoms with E-state index in [1.54, 1.807) is 5.51 Å². The lowest BCUT2D eigenvalue weighted by atomic mass is 10.3. The molecule has 0 saturated carbocycles. The Morgan fingerprint density at radius 2 is 2.18 bits per heavy atom. The Hall–Kier alpha value is -1.73. The Kier molecular flexibility index (Phi) is 4.84. The number of aromatic nitrogens is 3. The number of carbonyl (C=O) groups excluding carboxylic acids is 1. The van der Waals surface area contributed by atoms with Crippen LogP contribution >= 0.6 is 11.3 Å². The summed E-state index contributed by atoms with van der Waals surface area (Å²) in [6, 6.07) is 0. The van der Waals surface area contributed by atoms with Gasteiger partial charge in [0.05, 0.1) is 12.1 Å². The Morgan fingerprint density at radius 3 is 2.95 bits per heavy atom. The third kappa shape index (κ3) is 3.36. The number of hydrogen-bond acceptors (Lipinski definition) is 5. The lowest BCUT2D eigenvalue weighted by molar-refractivity contribution is 0.0756. The van der Waals surface area contributed by atoms with E-state index in [2.05, 4.69) is 26.4 Å². The molecule has 0 aliphatic carbocycles. The Morgan fingerprint density at radius 1 is 1.27 bits per heavy atom. The van der Waals surface area contributed by atoms with E-state index in [1.165, 1.54) is 11.3 Å². The first-order valence-electron chi connectivity index (χ1n) is 7.67. The smallest absolute Gasteiger partial charge is 0.273 e. The van der Waals surface area contributed by atoms with Crippen molar-refractivity contribution in [1.29, 1.82) is 0 Å². The average molecular weight is 319 g/mol. The van der Waals surface area contributed by atoms with Gasteiger partial charge in [0.15, 0.2) is 0 Å². The lowest BCUT2D eigenvalue weighted by Gasteiger charge is -2.21. The topological polar surface area (TPSA) is 54.3 Å². The van der Waals surface area contributed by atoms with Crippen LogP contribution < -0.4 is 0 Å². The van der Waals surface area contributed by atoms with Crippen molar-refractivity contribution >= 4 is 17.2 Å². The van der Waals surface area contributed by atoms with E-state index in [1.807, 2.05) is 22.7 Å². The van der Waals surface area contributed by atoms with Crippen molar-refractivity contribution in [2.24, 2.45) is 0 Å². The molecular weight excluding hydrogens is 298 g/mol. The maximum atomic E-state index is 12.4. The summed E-state index contributed by atoms with van der Waals surface area (Å²) in [4.78, 5) is 25.2. The van der Waals surface area contributed by atoms with E-state index in [0.717, 1.165) is 51.5 Å². The SMILES string of the molecule is CCn1ccnc1CN1CCCN(C(=O)c2cscn2)CC1. The van der Waals surface area contributed by atoms with Gasteiger partial charge in [0.2, 0.25) is 0 Å². The normalized spacial score (nSPS) is 16.7. The van der Waals surface area contributed by atoms with Crippen LogP contribution in [0.3, 0.4) is 0 Å². The van der Waals surface area contributed by atoms with Gasteiger partial charge in [0.1, 0.15) is 11.5 Å². The van der Waals surface area contributed by atoms with Gasteiger partial charge in [0.25, 0.3) is 5.91 Å².